The molecule has 0 fully saturated rings. The van der Waals surface area contributed by atoms with Gasteiger partial charge in [0.05, 0.1) is 12.7 Å². The molecule has 0 atom stereocenters. The van der Waals surface area contributed by atoms with Crippen LogP contribution in [0.4, 0.5) is 0 Å². The Morgan fingerprint density at radius 2 is 2.20 bits per heavy atom. The zero-order chi connectivity index (χ0) is 11.1. The Hall–Kier alpha value is -2.13. The molecule has 1 aromatic rings. The Labute approximate surface area is 89.2 Å². The molecule has 15 heavy (non-hydrogen) atoms. The van der Waals surface area contributed by atoms with E-state index in [0.29, 0.717) is 17.1 Å². The second-order valence-electron chi connectivity index (χ2n) is 2.69. The van der Waals surface area contributed by atoms with Crippen LogP contribution in [0.1, 0.15) is 12.5 Å². The molecule has 3 heteroatoms. The second-order valence-corrected chi connectivity index (χ2v) is 2.69. The van der Waals surface area contributed by atoms with Gasteiger partial charge in [-0.1, -0.05) is 5.92 Å². The third kappa shape index (κ3) is 2.93. The van der Waals surface area contributed by atoms with Crippen LogP contribution in [0.25, 0.3) is 0 Å². The lowest BCUT2D eigenvalue weighted by atomic mass is 10.2. The highest BCUT2D eigenvalue weighted by molar-refractivity contribution is 5.47. The Morgan fingerprint density at radius 3 is 2.80 bits per heavy atom. The van der Waals surface area contributed by atoms with Crippen molar-refractivity contribution in [3.05, 3.63) is 23.8 Å². The first-order chi connectivity index (χ1) is 7.31. The van der Waals surface area contributed by atoms with Crippen molar-refractivity contribution in [2.45, 2.75) is 6.92 Å². The van der Waals surface area contributed by atoms with E-state index in [0.717, 1.165) is 0 Å². The van der Waals surface area contributed by atoms with Crippen LogP contribution in [0.3, 0.4) is 0 Å². The number of nitriles is 1. The molecule has 0 radical (unpaired) electrons. The van der Waals surface area contributed by atoms with Gasteiger partial charge in [-0.2, -0.15) is 5.26 Å². The number of hydrogen-bond donors (Lipinski definition) is 0. The number of nitrogens with zero attached hydrogens (tertiary/aromatic N) is 1. The number of rotatable bonds is 3. The zero-order valence-electron chi connectivity index (χ0n) is 8.70. The molecule has 1 rings (SSSR count). The molecule has 0 spiro atoms. The smallest absolute Gasteiger partial charge is 0.149 e. The van der Waals surface area contributed by atoms with Crippen LogP contribution < -0.4 is 9.47 Å². The highest BCUT2D eigenvalue weighted by atomic mass is 16.5. The van der Waals surface area contributed by atoms with Crippen LogP contribution in [0.15, 0.2) is 18.2 Å². The maximum Gasteiger partial charge on any atom is 0.149 e. The summed E-state index contributed by atoms with van der Waals surface area (Å²) in [6.07, 6.45) is 0. The summed E-state index contributed by atoms with van der Waals surface area (Å²) in [6.45, 7) is 2.01. The SMILES string of the molecule is CC#CCOc1cc(OC)ccc1C#N. The first kappa shape index (κ1) is 10.9. The molecule has 0 saturated carbocycles. The van der Waals surface area contributed by atoms with Gasteiger partial charge in [-0.3, -0.25) is 0 Å². The standard InChI is InChI=1S/C12H11NO2/c1-3-4-7-15-12-8-11(14-2)6-5-10(12)9-13/h5-6,8H,7H2,1-2H3. The minimum Gasteiger partial charge on any atom is -0.497 e. The summed E-state index contributed by atoms with van der Waals surface area (Å²) in [4.78, 5) is 0. The Balaban J connectivity index is 2.90. The summed E-state index contributed by atoms with van der Waals surface area (Å²) < 4.78 is 10.4. The monoisotopic (exact) mass is 201 g/mol. The van der Waals surface area contributed by atoms with Gasteiger partial charge < -0.3 is 9.47 Å². The van der Waals surface area contributed by atoms with E-state index in [2.05, 4.69) is 11.8 Å². The fourth-order valence-corrected chi connectivity index (χ4v) is 1.03. The number of hydrogen-bond acceptors (Lipinski definition) is 3. The zero-order valence-corrected chi connectivity index (χ0v) is 8.70. The van der Waals surface area contributed by atoms with Crippen molar-refractivity contribution >= 4 is 0 Å². The predicted octanol–water partition coefficient (Wildman–Crippen LogP) is 1.97. The summed E-state index contributed by atoms with van der Waals surface area (Å²) in [5, 5.41) is 8.83. The van der Waals surface area contributed by atoms with Crippen molar-refractivity contribution in [3.8, 4) is 29.4 Å². The molecular weight excluding hydrogens is 190 g/mol. The van der Waals surface area contributed by atoms with E-state index >= 15 is 0 Å². The van der Waals surface area contributed by atoms with E-state index in [1.54, 1.807) is 32.2 Å². The average Bonchev–Trinajstić information content (AvgIpc) is 2.29. The van der Waals surface area contributed by atoms with Crippen molar-refractivity contribution < 1.29 is 9.47 Å². The number of ether oxygens (including phenoxy) is 2. The molecule has 0 aliphatic heterocycles. The van der Waals surface area contributed by atoms with E-state index in [4.69, 9.17) is 14.7 Å². The number of benzene rings is 1. The van der Waals surface area contributed by atoms with E-state index in [1.807, 2.05) is 6.07 Å². The first-order valence-corrected chi connectivity index (χ1v) is 4.42. The molecule has 0 N–H and O–H groups in total. The van der Waals surface area contributed by atoms with Crippen molar-refractivity contribution in [1.82, 2.24) is 0 Å². The summed E-state index contributed by atoms with van der Waals surface area (Å²) in [6, 6.07) is 7.10. The Kier molecular flexibility index (Phi) is 4.06. The third-order valence-corrected chi connectivity index (χ3v) is 1.79. The molecule has 0 heterocycles. The quantitative estimate of drug-likeness (QED) is 0.702. The van der Waals surface area contributed by atoms with Gasteiger partial charge in [0.15, 0.2) is 0 Å². The van der Waals surface area contributed by atoms with Crippen molar-refractivity contribution in [2.24, 2.45) is 0 Å². The van der Waals surface area contributed by atoms with Gasteiger partial charge in [-0.15, -0.1) is 5.92 Å². The van der Waals surface area contributed by atoms with Gasteiger partial charge in [0, 0.05) is 6.07 Å². The van der Waals surface area contributed by atoms with Crippen LogP contribution in [-0.4, -0.2) is 13.7 Å². The van der Waals surface area contributed by atoms with Crippen LogP contribution in [-0.2, 0) is 0 Å². The molecule has 0 bridgehead atoms. The third-order valence-electron chi connectivity index (χ3n) is 1.79. The minimum absolute atomic E-state index is 0.276. The van der Waals surface area contributed by atoms with Gasteiger partial charge in [-0.05, 0) is 19.1 Å². The normalized spacial score (nSPS) is 8.33. The van der Waals surface area contributed by atoms with Crippen molar-refractivity contribution in [3.63, 3.8) is 0 Å². The van der Waals surface area contributed by atoms with Crippen molar-refractivity contribution in [2.75, 3.05) is 13.7 Å². The lowest BCUT2D eigenvalue weighted by molar-refractivity contribution is 0.362. The van der Waals surface area contributed by atoms with Gasteiger partial charge in [0.25, 0.3) is 0 Å². The molecule has 0 amide bonds. The lowest BCUT2D eigenvalue weighted by Gasteiger charge is -2.06. The van der Waals surface area contributed by atoms with Gasteiger partial charge in [0.2, 0.25) is 0 Å². The summed E-state index contributed by atoms with van der Waals surface area (Å²) >= 11 is 0. The van der Waals surface area contributed by atoms with E-state index in [9.17, 15) is 0 Å². The Bertz CT molecular complexity index is 435. The fourth-order valence-electron chi connectivity index (χ4n) is 1.03. The molecule has 1 aromatic carbocycles. The lowest BCUT2D eigenvalue weighted by Crippen LogP contribution is -1.97. The minimum atomic E-state index is 0.276. The average molecular weight is 201 g/mol. The van der Waals surface area contributed by atoms with Crippen LogP contribution >= 0.6 is 0 Å². The largest absolute Gasteiger partial charge is 0.497 e. The topological polar surface area (TPSA) is 42.2 Å². The van der Waals surface area contributed by atoms with Gasteiger partial charge in [0.1, 0.15) is 24.2 Å². The molecule has 3 nitrogen and oxygen atoms in total. The van der Waals surface area contributed by atoms with E-state index < -0.39 is 0 Å². The highest BCUT2D eigenvalue weighted by Crippen LogP contribution is 2.23. The molecule has 0 aliphatic carbocycles. The highest BCUT2D eigenvalue weighted by Gasteiger charge is 2.04. The molecule has 0 aromatic heterocycles. The molecule has 0 unspecified atom stereocenters. The first-order valence-electron chi connectivity index (χ1n) is 4.42. The Morgan fingerprint density at radius 1 is 1.40 bits per heavy atom. The molecule has 0 saturated heterocycles. The van der Waals surface area contributed by atoms with Gasteiger partial charge >= 0.3 is 0 Å². The summed E-state index contributed by atoms with van der Waals surface area (Å²) in [5.74, 6) is 6.64. The molecule has 76 valence electrons. The van der Waals surface area contributed by atoms with Crippen LogP contribution in [0.2, 0.25) is 0 Å². The second kappa shape index (κ2) is 5.57. The van der Waals surface area contributed by atoms with E-state index in [-0.39, 0.29) is 6.61 Å². The molecular formula is C12H11NO2. The fraction of sp³-hybridized carbons (Fsp3) is 0.250. The summed E-state index contributed by atoms with van der Waals surface area (Å²) in [5.41, 5.74) is 0.480. The maximum absolute atomic E-state index is 8.83. The van der Waals surface area contributed by atoms with Crippen LogP contribution in [0.5, 0.6) is 11.5 Å². The van der Waals surface area contributed by atoms with E-state index in [1.165, 1.54) is 0 Å². The number of methoxy groups -OCH3 is 1. The van der Waals surface area contributed by atoms with Gasteiger partial charge in [-0.25, -0.2) is 0 Å². The summed E-state index contributed by atoms with van der Waals surface area (Å²) in [7, 11) is 1.57. The van der Waals surface area contributed by atoms with Crippen molar-refractivity contribution in [1.29, 1.82) is 5.26 Å². The maximum atomic E-state index is 8.83. The predicted molar refractivity (Wildman–Crippen MR) is 56.7 cm³/mol. The van der Waals surface area contributed by atoms with Crippen LogP contribution in [0, 0.1) is 23.2 Å². The molecule has 0 aliphatic rings.